The SMILES string of the molecule is Cc1nnc(C)n1C1CC23CCC(C12)N3CC[C@H](NC(=O)C1CCC(F)(F)CC1)c1ccccc1. The third kappa shape index (κ3) is 3.71. The molecule has 1 aromatic carbocycles. The fourth-order valence-electron chi connectivity index (χ4n) is 7.80. The zero-order valence-electron chi connectivity index (χ0n) is 20.6. The molecular weight excluding hydrogens is 448 g/mol. The van der Waals surface area contributed by atoms with Gasteiger partial charge in [0, 0.05) is 48.8 Å². The van der Waals surface area contributed by atoms with Gasteiger partial charge in [-0.15, -0.1) is 10.2 Å². The lowest BCUT2D eigenvalue weighted by atomic mass is 9.56. The van der Waals surface area contributed by atoms with Gasteiger partial charge >= 0.3 is 0 Å². The van der Waals surface area contributed by atoms with E-state index in [1.54, 1.807) is 0 Å². The number of carbonyl (C=O) groups excluding carboxylic acids is 1. The maximum atomic E-state index is 13.6. The first-order valence-corrected chi connectivity index (χ1v) is 13.2. The van der Waals surface area contributed by atoms with E-state index < -0.39 is 5.92 Å². The maximum absolute atomic E-state index is 13.6. The van der Waals surface area contributed by atoms with Crippen LogP contribution in [0.1, 0.15) is 80.7 Å². The summed E-state index contributed by atoms with van der Waals surface area (Å²) in [6.45, 7) is 5.03. The van der Waals surface area contributed by atoms with Gasteiger partial charge in [-0.1, -0.05) is 30.3 Å². The average Bonchev–Trinajstić information content (AvgIpc) is 3.46. The number of piperidine rings is 1. The highest BCUT2D eigenvalue weighted by Gasteiger charge is 2.74. The number of amides is 1. The molecule has 8 heteroatoms. The smallest absolute Gasteiger partial charge is 0.248 e. The van der Waals surface area contributed by atoms with E-state index in [-0.39, 0.29) is 43.6 Å². The Morgan fingerprint density at radius 2 is 1.74 bits per heavy atom. The lowest BCUT2D eigenvalue weighted by Crippen LogP contribution is -2.76. The summed E-state index contributed by atoms with van der Waals surface area (Å²) >= 11 is 0. The molecule has 2 saturated heterocycles. The molecule has 4 unspecified atom stereocenters. The van der Waals surface area contributed by atoms with E-state index >= 15 is 0 Å². The Kier molecular flexibility index (Phi) is 5.51. The second-order valence-corrected chi connectivity index (χ2v) is 11.3. The van der Waals surface area contributed by atoms with Gasteiger partial charge in [0.25, 0.3) is 0 Å². The fraction of sp³-hybridized carbons (Fsp3) is 0.667. The highest BCUT2D eigenvalue weighted by atomic mass is 19.3. The number of aromatic nitrogens is 3. The minimum atomic E-state index is -2.62. The Bertz CT molecular complexity index is 1070. The summed E-state index contributed by atoms with van der Waals surface area (Å²) in [7, 11) is 0. The van der Waals surface area contributed by atoms with Crippen molar-refractivity contribution in [2.75, 3.05) is 6.54 Å². The van der Waals surface area contributed by atoms with Crippen LogP contribution in [0.2, 0.25) is 0 Å². The molecule has 188 valence electrons. The van der Waals surface area contributed by atoms with Crippen LogP contribution in [-0.4, -0.2) is 49.6 Å². The molecule has 3 heterocycles. The summed E-state index contributed by atoms with van der Waals surface area (Å²) in [5.74, 6) is -0.317. The van der Waals surface area contributed by atoms with Gasteiger partial charge in [0.15, 0.2) is 0 Å². The summed E-state index contributed by atoms with van der Waals surface area (Å²) < 4.78 is 29.5. The first kappa shape index (κ1) is 23.1. The standard InChI is InChI=1S/C27H35F2N5O/c1-17-31-32-18(2)34(17)23-16-26-12-10-22(24(23)26)33(26)15-11-21(19-6-4-3-5-7-19)30-25(35)20-8-13-27(28,29)14-9-20/h3-7,20-24H,8-16H2,1-2H3,(H,30,35)/t21-,22?,23?,24?,26?/m0/s1. The first-order valence-electron chi connectivity index (χ1n) is 13.2. The van der Waals surface area contributed by atoms with E-state index in [9.17, 15) is 13.6 Å². The number of fused-ring (bicyclic) bond motifs is 1. The molecule has 5 aliphatic rings. The zero-order valence-corrected chi connectivity index (χ0v) is 20.6. The third-order valence-electron chi connectivity index (χ3n) is 9.49. The number of carbonyl (C=O) groups is 1. The van der Waals surface area contributed by atoms with Gasteiger partial charge in [-0.25, -0.2) is 8.78 Å². The molecule has 1 amide bonds. The molecule has 2 aromatic rings. The molecule has 1 N–H and O–H groups in total. The lowest BCUT2D eigenvalue weighted by molar-refractivity contribution is -0.189. The number of rotatable bonds is 7. The third-order valence-corrected chi connectivity index (χ3v) is 9.49. The zero-order chi connectivity index (χ0) is 24.4. The predicted octanol–water partition coefficient (Wildman–Crippen LogP) is 4.75. The maximum Gasteiger partial charge on any atom is 0.248 e. The molecule has 2 aliphatic heterocycles. The number of benzene rings is 1. The molecule has 5 fully saturated rings. The minimum absolute atomic E-state index is 0.0701. The van der Waals surface area contributed by atoms with Gasteiger partial charge in [0.1, 0.15) is 11.6 Å². The lowest BCUT2D eigenvalue weighted by Gasteiger charge is -2.69. The number of hydrogen-bond donors (Lipinski definition) is 1. The van der Waals surface area contributed by atoms with Gasteiger partial charge in [-0.05, 0) is 57.9 Å². The van der Waals surface area contributed by atoms with E-state index in [4.69, 9.17) is 0 Å². The number of hydrogen-bond acceptors (Lipinski definition) is 4. The van der Waals surface area contributed by atoms with E-state index in [0.29, 0.717) is 23.5 Å². The van der Waals surface area contributed by atoms with Crippen molar-refractivity contribution in [2.45, 2.75) is 94.8 Å². The molecule has 6 nitrogen and oxygen atoms in total. The Morgan fingerprint density at radius 3 is 2.40 bits per heavy atom. The van der Waals surface area contributed by atoms with Gasteiger partial charge < -0.3 is 9.88 Å². The van der Waals surface area contributed by atoms with E-state index in [1.165, 1.54) is 12.8 Å². The van der Waals surface area contributed by atoms with Crippen molar-refractivity contribution in [3.05, 3.63) is 47.5 Å². The van der Waals surface area contributed by atoms with Crippen LogP contribution in [-0.2, 0) is 4.79 Å². The quantitative estimate of drug-likeness (QED) is 0.618. The number of nitrogens with one attached hydrogen (secondary N) is 1. The van der Waals surface area contributed by atoms with Crippen molar-refractivity contribution >= 4 is 5.91 Å². The fourth-order valence-corrected chi connectivity index (χ4v) is 7.80. The van der Waals surface area contributed by atoms with Crippen LogP contribution in [0.4, 0.5) is 8.78 Å². The highest BCUT2D eigenvalue weighted by molar-refractivity contribution is 5.79. The van der Waals surface area contributed by atoms with Crippen molar-refractivity contribution in [3.63, 3.8) is 0 Å². The molecule has 3 saturated carbocycles. The second kappa shape index (κ2) is 8.36. The Morgan fingerprint density at radius 1 is 1.06 bits per heavy atom. The van der Waals surface area contributed by atoms with E-state index in [0.717, 1.165) is 36.6 Å². The van der Waals surface area contributed by atoms with Crippen molar-refractivity contribution in [1.82, 2.24) is 25.0 Å². The highest BCUT2D eigenvalue weighted by Crippen LogP contribution is 2.69. The largest absolute Gasteiger partial charge is 0.349 e. The Balaban J connectivity index is 1.12. The van der Waals surface area contributed by atoms with Crippen LogP contribution in [0.3, 0.4) is 0 Å². The van der Waals surface area contributed by atoms with Crippen LogP contribution in [0.25, 0.3) is 0 Å². The summed E-state index contributed by atoms with van der Waals surface area (Å²) in [6, 6.07) is 11.1. The van der Waals surface area contributed by atoms with Crippen LogP contribution >= 0.6 is 0 Å². The number of halogens is 2. The number of aryl methyl sites for hydroxylation is 2. The van der Waals surface area contributed by atoms with E-state index in [2.05, 4.69) is 37.1 Å². The molecule has 7 rings (SSSR count). The molecule has 1 aromatic heterocycles. The second-order valence-electron chi connectivity index (χ2n) is 11.3. The summed E-state index contributed by atoms with van der Waals surface area (Å²) in [4.78, 5) is 15.7. The molecule has 0 radical (unpaired) electrons. The molecule has 5 atom stereocenters. The van der Waals surface area contributed by atoms with Crippen molar-refractivity contribution in [3.8, 4) is 0 Å². The van der Waals surface area contributed by atoms with Crippen LogP contribution < -0.4 is 5.32 Å². The molecule has 2 bridgehead atoms. The normalized spacial score (nSPS) is 32.4. The minimum Gasteiger partial charge on any atom is -0.349 e. The van der Waals surface area contributed by atoms with Gasteiger partial charge in [0.2, 0.25) is 11.8 Å². The predicted molar refractivity (Wildman–Crippen MR) is 128 cm³/mol. The van der Waals surface area contributed by atoms with Crippen molar-refractivity contribution in [1.29, 1.82) is 0 Å². The van der Waals surface area contributed by atoms with E-state index in [1.807, 2.05) is 32.0 Å². The van der Waals surface area contributed by atoms with Crippen LogP contribution in [0, 0.1) is 25.7 Å². The summed E-state index contributed by atoms with van der Waals surface area (Å²) in [5, 5.41) is 11.8. The molecule has 35 heavy (non-hydrogen) atoms. The summed E-state index contributed by atoms with van der Waals surface area (Å²) in [5.41, 5.74) is 1.38. The Labute approximate surface area is 205 Å². The topological polar surface area (TPSA) is 63.1 Å². The molecular formula is C27H35F2N5O. The number of alkyl halides is 2. The van der Waals surface area contributed by atoms with Crippen LogP contribution in [0.5, 0.6) is 0 Å². The van der Waals surface area contributed by atoms with Crippen molar-refractivity contribution < 1.29 is 13.6 Å². The number of nitrogens with zero attached hydrogens (tertiary/aromatic N) is 4. The van der Waals surface area contributed by atoms with Crippen LogP contribution in [0.15, 0.2) is 30.3 Å². The first-order chi connectivity index (χ1) is 16.8. The molecule has 3 aliphatic carbocycles. The average molecular weight is 484 g/mol. The Hall–Kier alpha value is -2.35. The summed E-state index contributed by atoms with van der Waals surface area (Å²) in [6.07, 6.45) is 4.62. The molecule has 1 spiro atoms. The van der Waals surface area contributed by atoms with Gasteiger partial charge in [-0.2, -0.15) is 0 Å². The van der Waals surface area contributed by atoms with Crippen molar-refractivity contribution in [2.24, 2.45) is 11.8 Å². The monoisotopic (exact) mass is 483 g/mol. The van der Waals surface area contributed by atoms with Gasteiger partial charge in [0.05, 0.1) is 6.04 Å². The van der Waals surface area contributed by atoms with Gasteiger partial charge in [-0.3, -0.25) is 9.69 Å².